The van der Waals surface area contributed by atoms with E-state index in [1.807, 2.05) is 0 Å². The Labute approximate surface area is 193 Å². The minimum atomic E-state index is -0.154. The van der Waals surface area contributed by atoms with E-state index in [2.05, 4.69) is 73.3 Å². The Kier molecular flexibility index (Phi) is 9.43. The van der Waals surface area contributed by atoms with Crippen molar-refractivity contribution in [3.8, 4) is 0 Å². The molecule has 1 heteroatoms. The molecule has 0 aromatic carbocycles. The SMILES string of the molecule is C=C1CC[C@@H]2C(C)(C)[C@@H](O)CC[C@]2(C)[C@H]1CC/C=C(\C)CC/C=C(\C)CCC=C(C)C. The van der Waals surface area contributed by atoms with E-state index >= 15 is 0 Å². The minimum Gasteiger partial charge on any atom is -0.393 e. The third-order valence-corrected chi connectivity index (χ3v) is 8.62. The van der Waals surface area contributed by atoms with Gasteiger partial charge in [0.2, 0.25) is 0 Å². The van der Waals surface area contributed by atoms with E-state index in [9.17, 15) is 5.11 Å². The number of aliphatic hydroxyl groups is 1. The molecule has 2 saturated carbocycles. The van der Waals surface area contributed by atoms with Gasteiger partial charge in [0.05, 0.1) is 6.10 Å². The van der Waals surface area contributed by atoms with E-state index in [4.69, 9.17) is 0 Å². The Morgan fingerprint density at radius 2 is 1.52 bits per heavy atom. The van der Waals surface area contributed by atoms with E-state index < -0.39 is 0 Å². The lowest BCUT2D eigenvalue weighted by molar-refractivity contribution is -0.124. The molecule has 0 aliphatic heterocycles. The Hall–Kier alpha value is -1.08. The third kappa shape index (κ3) is 6.70. The van der Waals surface area contributed by atoms with E-state index in [0.29, 0.717) is 17.3 Å². The predicted octanol–water partition coefficient (Wildman–Crippen LogP) is 8.96. The molecule has 2 rings (SSSR count). The molecular weight excluding hydrogens is 376 g/mol. The molecule has 0 aromatic heterocycles. The fourth-order valence-electron chi connectivity index (χ4n) is 6.53. The van der Waals surface area contributed by atoms with Crippen LogP contribution in [0.25, 0.3) is 0 Å². The van der Waals surface area contributed by atoms with Crippen molar-refractivity contribution in [2.45, 2.75) is 119 Å². The number of allylic oxidation sites excluding steroid dienone is 7. The maximum absolute atomic E-state index is 10.6. The molecule has 31 heavy (non-hydrogen) atoms. The number of fused-ring (bicyclic) bond motifs is 1. The summed E-state index contributed by atoms with van der Waals surface area (Å²) in [6.45, 7) is 20.5. The molecule has 176 valence electrons. The highest BCUT2D eigenvalue weighted by atomic mass is 16.3. The molecule has 2 aliphatic rings. The van der Waals surface area contributed by atoms with Crippen molar-refractivity contribution < 1.29 is 5.11 Å². The maximum Gasteiger partial charge on any atom is 0.0594 e. The van der Waals surface area contributed by atoms with Gasteiger partial charge in [0.15, 0.2) is 0 Å². The first kappa shape index (κ1) is 26.2. The van der Waals surface area contributed by atoms with Crippen LogP contribution in [-0.2, 0) is 0 Å². The first-order valence-electron chi connectivity index (χ1n) is 12.8. The van der Waals surface area contributed by atoms with Crippen molar-refractivity contribution in [1.82, 2.24) is 0 Å². The number of hydrogen-bond donors (Lipinski definition) is 1. The van der Waals surface area contributed by atoms with Gasteiger partial charge in [-0.1, -0.05) is 67.9 Å². The van der Waals surface area contributed by atoms with Crippen molar-refractivity contribution in [1.29, 1.82) is 0 Å². The summed E-state index contributed by atoms with van der Waals surface area (Å²) in [4.78, 5) is 0. The van der Waals surface area contributed by atoms with Gasteiger partial charge in [0.1, 0.15) is 0 Å². The Bertz CT molecular complexity index is 700. The molecule has 0 amide bonds. The number of aliphatic hydroxyl groups excluding tert-OH is 1. The van der Waals surface area contributed by atoms with Crippen molar-refractivity contribution in [2.75, 3.05) is 0 Å². The molecule has 1 nitrogen and oxygen atoms in total. The van der Waals surface area contributed by atoms with Crippen molar-refractivity contribution in [3.05, 3.63) is 47.1 Å². The average Bonchev–Trinajstić information content (AvgIpc) is 2.67. The summed E-state index contributed by atoms with van der Waals surface area (Å²) in [5.74, 6) is 1.20. The zero-order valence-electron chi connectivity index (χ0n) is 21.7. The van der Waals surface area contributed by atoms with Crippen LogP contribution in [0.3, 0.4) is 0 Å². The Balaban J connectivity index is 1.89. The lowest BCUT2D eigenvalue weighted by Gasteiger charge is -2.59. The summed E-state index contributed by atoms with van der Waals surface area (Å²) in [6, 6.07) is 0. The molecule has 0 unspecified atom stereocenters. The van der Waals surface area contributed by atoms with Crippen LogP contribution in [0.15, 0.2) is 47.1 Å². The zero-order chi connectivity index (χ0) is 23.2. The van der Waals surface area contributed by atoms with Gasteiger partial charge in [0.25, 0.3) is 0 Å². The molecule has 2 fully saturated rings. The maximum atomic E-state index is 10.6. The van der Waals surface area contributed by atoms with Crippen LogP contribution in [0.4, 0.5) is 0 Å². The van der Waals surface area contributed by atoms with Gasteiger partial charge in [0, 0.05) is 0 Å². The fourth-order valence-corrected chi connectivity index (χ4v) is 6.53. The van der Waals surface area contributed by atoms with E-state index in [0.717, 1.165) is 32.1 Å². The predicted molar refractivity (Wildman–Crippen MR) is 137 cm³/mol. The van der Waals surface area contributed by atoms with E-state index in [1.54, 1.807) is 0 Å². The summed E-state index contributed by atoms with van der Waals surface area (Å²) >= 11 is 0. The van der Waals surface area contributed by atoms with Gasteiger partial charge in [-0.15, -0.1) is 0 Å². The highest BCUT2D eigenvalue weighted by Crippen LogP contribution is 2.61. The van der Waals surface area contributed by atoms with Crippen molar-refractivity contribution in [2.24, 2.45) is 22.7 Å². The monoisotopic (exact) mass is 426 g/mol. The highest BCUT2D eigenvalue weighted by Gasteiger charge is 2.55. The summed E-state index contributed by atoms with van der Waals surface area (Å²) in [5.41, 5.74) is 6.24. The first-order valence-corrected chi connectivity index (χ1v) is 12.8. The lowest BCUT2D eigenvalue weighted by Crippen LogP contribution is -2.54. The standard InChI is InChI=1S/C30H50O/c1-22(2)12-9-13-23(3)14-10-15-24(4)16-11-17-26-25(5)18-19-27-29(6,7)28(31)20-21-30(26,27)8/h12,14,16,26-28,31H,5,9-11,13,15,17-21H2,1-4,6-8H3/b23-14+,24-16+/t26-,27+,28-,30+/m0/s1. The van der Waals surface area contributed by atoms with Crippen LogP contribution in [-0.4, -0.2) is 11.2 Å². The molecule has 0 spiro atoms. The van der Waals surface area contributed by atoms with Crippen molar-refractivity contribution >= 4 is 0 Å². The molecule has 0 bridgehead atoms. The van der Waals surface area contributed by atoms with Crippen LogP contribution in [0.1, 0.15) is 113 Å². The molecule has 0 aromatic rings. The second-order valence-corrected chi connectivity index (χ2v) is 11.7. The lowest BCUT2D eigenvalue weighted by atomic mass is 9.46. The fraction of sp³-hybridized carbons (Fsp3) is 0.733. The quantitative estimate of drug-likeness (QED) is 0.365. The van der Waals surface area contributed by atoms with Crippen LogP contribution in [0, 0.1) is 22.7 Å². The molecular formula is C30H50O. The molecule has 4 atom stereocenters. The zero-order valence-corrected chi connectivity index (χ0v) is 21.7. The van der Waals surface area contributed by atoms with Crippen molar-refractivity contribution in [3.63, 3.8) is 0 Å². The minimum absolute atomic E-state index is 0.0213. The summed E-state index contributed by atoms with van der Waals surface area (Å²) in [7, 11) is 0. The second-order valence-electron chi connectivity index (χ2n) is 11.7. The smallest absolute Gasteiger partial charge is 0.0594 e. The summed E-state index contributed by atoms with van der Waals surface area (Å²) < 4.78 is 0. The van der Waals surface area contributed by atoms with Gasteiger partial charge in [-0.25, -0.2) is 0 Å². The normalized spacial score (nSPS) is 31.4. The van der Waals surface area contributed by atoms with Gasteiger partial charge in [-0.05, 0) is 115 Å². The topological polar surface area (TPSA) is 20.2 Å². The summed E-state index contributed by atoms with van der Waals surface area (Å²) in [6.07, 6.45) is 18.6. The number of rotatable bonds is 9. The largest absolute Gasteiger partial charge is 0.393 e. The van der Waals surface area contributed by atoms with E-state index in [1.165, 1.54) is 54.4 Å². The second kappa shape index (κ2) is 11.2. The van der Waals surface area contributed by atoms with Crippen LogP contribution in [0.5, 0.6) is 0 Å². The molecule has 2 aliphatic carbocycles. The van der Waals surface area contributed by atoms with Crippen LogP contribution < -0.4 is 0 Å². The Morgan fingerprint density at radius 3 is 2.13 bits per heavy atom. The van der Waals surface area contributed by atoms with Gasteiger partial charge in [-0.3, -0.25) is 0 Å². The van der Waals surface area contributed by atoms with Crippen LogP contribution >= 0.6 is 0 Å². The van der Waals surface area contributed by atoms with Gasteiger partial charge < -0.3 is 5.11 Å². The van der Waals surface area contributed by atoms with Gasteiger partial charge >= 0.3 is 0 Å². The number of hydrogen-bond acceptors (Lipinski definition) is 1. The molecule has 0 radical (unpaired) electrons. The first-order chi connectivity index (χ1) is 14.5. The molecule has 0 saturated heterocycles. The highest BCUT2D eigenvalue weighted by molar-refractivity contribution is 5.17. The third-order valence-electron chi connectivity index (χ3n) is 8.62. The molecule has 0 heterocycles. The van der Waals surface area contributed by atoms with Gasteiger partial charge in [-0.2, -0.15) is 0 Å². The van der Waals surface area contributed by atoms with Crippen LogP contribution in [0.2, 0.25) is 0 Å². The Morgan fingerprint density at radius 1 is 0.935 bits per heavy atom. The average molecular weight is 427 g/mol. The summed E-state index contributed by atoms with van der Waals surface area (Å²) in [5, 5.41) is 10.6. The van der Waals surface area contributed by atoms with E-state index in [-0.39, 0.29) is 11.5 Å². The molecule has 1 N–H and O–H groups in total.